The fraction of sp³-hybridized carbons (Fsp3) is 0.0164. The number of benzene rings is 10. The number of fused-ring (bicyclic) bond motifs is 9. The molecule has 0 aliphatic heterocycles. The molecule has 0 radical (unpaired) electrons. The van der Waals surface area contributed by atoms with Crippen LogP contribution in [-0.4, -0.2) is 13.7 Å². The second kappa shape index (κ2) is 14.3. The van der Waals surface area contributed by atoms with Crippen LogP contribution in [0.5, 0.6) is 0 Å². The van der Waals surface area contributed by atoms with Crippen molar-refractivity contribution in [3.8, 4) is 55.9 Å². The van der Waals surface area contributed by atoms with E-state index < -0.39 is 0 Å². The van der Waals surface area contributed by atoms with Crippen molar-refractivity contribution < 1.29 is 0 Å². The molecule has 0 spiro atoms. The third-order valence-corrected chi connectivity index (χ3v) is 13.4. The molecular formula is C61H41N3. The van der Waals surface area contributed by atoms with Gasteiger partial charge in [0.1, 0.15) is 0 Å². The Morgan fingerprint density at radius 1 is 0.219 bits per heavy atom. The molecule has 64 heavy (non-hydrogen) atoms. The van der Waals surface area contributed by atoms with Crippen molar-refractivity contribution in [1.29, 1.82) is 0 Å². The van der Waals surface area contributed by atoms with Crippen LogP contribution >= 0.6 is 0 Å². The lowest BCUT2D eigenvalue weighted by molar-refractivity contribution is 1.01. The summed E-state index contributed by atoms with van der Waals surface area (Å²) in [5, 5.41) is 7.49. The zero-order chi connectivity index (χ0) is 42.3. The molecule has 13 aromatic rings. The maximum Gasteiger partial charge on any atom is 0.0541 e. The molecule has 0 amide bonds. The monoisotopic (exact) mass is 815 g/mol. The van der Waals surface area contributed by atoms with E-state index in [0.717, 1.165) is 11.4 Å². The Morgan fingerprint density at radius 3 is 1.09 bits per heavy atom. The predicted octanol–water partition coefficient (Wildman–Crippen LogP) is 16.2. The van der Waals surface area contributed by atoms with Crippen molar-refractivity contribution in [3.63, 3.8) is 0 Å². The second-order valence-electron chi connectivity index (χ2n) is 17.0. The van der Waals surface area contributed by atoms with Gasteiger partial charge >= 0.3 is 0 Å². The topological polar surface area (TPSA) is 14.8 Å². The van der Waals surface area contributed by atoms with Gasteiger partial charge in [0.2, 0.25) is 0 Å². The third-order valence-electron chi connectivity index (χ3n) is 13.4. The van der Waals surface area contributed by atoms with Crippen molar-refractivity contribution in [2.45, 2.75) is 0 Å². The number of hydrogen-bond donors (Lipinski definition) is 0. The summed E-state index contributed by atoms with van der Waals surface area (Å²) in [5.74, 6) is 0. The molecule has 3 aromatic heterocycles. The fourth-order valence-electron chi connectivity index (χ4n) is 10.3. The van der Waals surface area contributed by atoms with Gasteiger partial charge in [0.05, 0.1) is 22.1 Å². The van der Waals surface area contributed by atoms with Gasteiger partial charge < -0.3 is 13.7 Å². The summed E-state index contributed by atoms with van der Waals surface area (Å²) >= 11 is 0. The summed E-state index contributed by atoms with van der Waals surface area (Å²) in [6.07, 6.45) is 0. The van der Waals surface area contributed by atoms with Crippen molar-refractivity contribution in [3.05, 3.63) is 231 Å². The first kappa shape index (κ1) is 36.3. The minimum absolute atomic E-state index is 1.16. The number of para-hydroxylation sites is 2. The van der Waals surface area contributed by atoms with Gasteiger partial charge in [-0.2, -0.15) is 0 Å². The predicted molar refractivity (Wildman–Crippen MR) is 271 cm³/mol. The summed E-state index contributed by atoms with van der Waals surface area (Å²) in [5.41, 5.74) is 19.2. The summed E-state index contributed by atoms with van der Waals surface area (Å²) < 4.78 is 7.15. The second-order valence-corrected chi connectivity index (χ2v) is 17.0. The highest BCUT2D eigenvalue weighted by molar-refractivity contribution is 6.14. The smallest absolute Gasteiger partial charge is 0.0541 e. The molecule has 0 bridgehead atoms. The van der Waals surface area contributed by atoms with Gasteiger partial charge in [0, 0.05) is 61.8 Å². The van der Waals surface area contributed by atoms with Crippen LogP contribution in [0.15, 0.2) is 231 Å². The van der Waals surface area contributed by atoms with Crippen molar-refractivity contribution >= 4 is 65.4 Å². The minimum Gasteiger partial charge on any atom is -0.344 e. The molecule has 10 aromatic carbocycles. The van der Waals surface area contributed by atoms with Gasteiger partial charge in [-0.25, -0.2) is 0 Å². The van der Waals surface area contributed by atoms with Gasteiger partial charge in [-0.15, -0.1) is 0 Å². The van der Waals surface area contributed by atoms with Crippen LogP contribution in [0.1, 0.15) is 0 Å². The van der Waals surface area contributed by atoms with Gasteiger partial charge in [-0.05, 0) is 136 Å². The molecular weight excluding hydrogens is 775 g/mol. The van der Waals surface area contributed by atoms with E-state index >= 15 is 0 Å². The molecule has 0 aliphatic rings. The maximum absolute atomic E-state index is 2.45. The molecule has 3 heteroatoms. The lowest BCUT2D eigenvalue weighted by Crippen LogP contribution is -1.94. The van der Waals surface area contributed by atoms with E-state index in [4.69, 9.17) is 0 Å². The molecule has 0 aliphatic carbocycles. The van der Waals surface area contributed by atoms with Crippen molar-refractivity contribution in [2.24, 2.45) is 7.05 Å². The fourth-order valence-corrected chi connectivity index (χ4v) is 10.3. The van der Waals surface area contributed by atoms with Crippen LogP contribution in [0, 0.1) is 0 Å². The van der Waals surface area contributed by atoms with Crippen LogP contribution in [0.2, 0.25) is 0 Å². The van der Waals surface area contributed by atoms with Gasteiger partial charge in [0.25, 0.3) is 0 Å². The van der Waals surface area contributed by atoms with Gasteiger partial charge in [0.15, 0.2) is 0 Å². The number of nitrogens with zero attached hydrogens (tertiary/aromatic N) is 3. The Kier molecular flexibility index (Phi) is 8.13. The molecule has 300 valence electrons. The highest BCUT2D eigenvalue weighted by Gasteiger charge is 2.18. The van der Waals surface area contributed by atoms with Crippen LogP contribution in [-0.2, 0) is 7.05 Å². The largest absolute Gasteiger partial charge is 0.344 e. The molecule has 0 fully saturated rings. The SMILES string of the molecule is Cn1c2ccccc2c2cc(-n3c4ccc(-c5ccccc5)cc4c4cc(-c5cccc(-c6ccc7c(c6)c6cc(-c8ccccc8)ccc6n7-c6ccccc6)c5)ccc43)ccc21. The number of aryl methyl sites for hydroxylation is 1. The first-order chi connectivity index (χ1) is 31.6. The van der Waals surface area contributed by atoms with E-state index in [0.29, 0.717) is 0 Å². The van der Waals surface area contributed by atoms with Gasteiger partial charge in [-0.1, -0.05) is 140 Å². The van der Waals surface area contributed by atoms with Gasteiger partial charge in [-0.3, -0.25) is 0 Å². The average molecular weight is 816 g/mol. The Morgan fingerprint density at radius 2 is 0.578 bits per heavy atom. The zero-order valence-corrected chi connectivity index (χ0v) is 35.3. The maximum atomic E-state index is 2.45. The lowest BCUT2D eigenvalue weighted by atomic mass is 9.96. The van der Waals surface area contributed by atoms with Crippen LogP contribution in [0.3, 0.4) is 0 Å². The van der Waals surface area contributed by atoms with E-state index in [9.17, 15) is 0 Å². The summed E-state index contributed by atoms with van der Waals surface area (Å²) in [7, 11) is 2.16. The first-order valence-corrected chi connectivity index (χ1v) is 22.1. The van der Waals surface area contributed by atoms with E-state index in [-0.39, 0.29) is 0 Å². The van der Waals surface area contributed by atoms with Crippen LogP contribution in [0.4, 0.5) is 0 Å². The number of rotatable bonds is 6. The summed E-state index contributed by atoms with van der Waals surface area (Å²) in [6, 6.07) is 84.7. The van der Waals surface area contributed by atoms with E-state index in [1.54, 1.807) is 0 Å². The quantitative estimate of drug-likeness (QED) is 0.159. The molecule has 0 unspecified atom stereocenters. The molecule has 0 saturated heterocycles. The van der Waals surface area contributed by atoms with Crippen molar-refractivity contribution in [1.82, 2.24) is 13.7 Å². The standard InChI is InChI=1S/C61H41N3/c1-62-56-23-12-11-22-50(56)55-39-49(28-33-57(55)62)64-60-30-25-45(41-16-7-3-8-17-41)36-52(60)54-38-47(27-32-61(54)64)43-19-13-18-42(34-43)46-26-31-59-53(37-46)51-35-44(40-14-5-2-6-15-40)24-29-58(51)63(59)48-20-9-4-10-21-48/h2-39H,1H3. The molecule has 13 rings (SSSR count). The summed E-state index contributed by atoms with van der Waals surface area (Å²) in [4.78, 5) is 0. The normalized spacial score (nSPS) is 11.8. The minimum atomic E-state index is 1.16. The number of aromatic nitrogens is 3. The summed E-state index contributed by atoms with van der Waals surface area (Å²) in [6.45, 7) is 0. The molecule has 0 saturated carbocycles. The zero-order valence-electron chi connectivity index (χ0n) is 35.3. The van der Waals surface area contributed by atoms with Crippen LogP contribution in [0.25, 0.3) is 121 Å². The molecule has 0 atom stereocenters. The highest BCUT2D eigenvalue weighted by Crippen LogP contribution is 2.41. The first-order valence-electron chi connectivity index (χ1n) is 22.1. The number of hydrogen-bond acceptors (Lipinski definition) is 0. The highest BCUT2D eigenvalue weighted by atomic mass is 15.0. The molecule has 3 heterocycles. The average Bonchev–Trinajstić information content (AvgIpc) is 3.98. The van der Waals surface area contributed by atoms with E-state index in [1.165, 1.54) is 110 Å². The Balaban J connectivity index is 0.967. The lowest BCUT2D eigenvalue weighted by Gasteiger charge is -2.10. The van der Waals surface area contributed by atoms with Crippen molar-refractivity contribution in [2.75, 3.05) is 0 Å². The third kappa shape index (κ3) is 5.68. The van der Waals surface area contributed by atoms with E-state index in [2.05, 4.69) is 251 Å². The van der Waals surface area contributed by atoms with E-state index in [1.807, 2.05) is 0 Å². The Bertz CT molecular complexity index is 3940. The molecule has 3 nitrogen and oxygen atoms in total. The van der Waals surface area contributed by atoms with Crippen LogP contribution < -0.4 is 0 Å². The Hall–Kier alpha value is -8.40. The molecule has 0 N–H and O–H groups in total. The Labute approximate surface area is 370 Å².